The molecule has 4 N–H and O–H groups in total. The lowest BCUT2D eigenvalue weighted by Gasteiger charge is -2.20. The molecule has 0 aromatic rings. The first kappa shape index (κ1) is 52.2. The van der Waals surface area contributed by atoms with Gasteiger partial charge in [0.25, 0.3) is 0 Å². The monoisotopic (exact) mass is 789 g/mol. The molecule has 316 valence electrons. The first-order valence-corrected chi connectivity index (χ1v) is 22.5. The lowest BCUT2D eigenvalue weighted by atomic mass is 10.0. The first-order valence-electron chi connectivity index (χ1n) is 21.1. The summed E-state index contributed by atoms with van der Waals surface area (Å²) in [6.07, 6.45) is 34.1. The van der Waals surface area contributed by atoms with Gasteiger partial charge in [-0.15, -0.1) is 0 Å². The molecule has 0 spiro atoms. The Morgan fingerprint density at radius 2 is 1.15 bits per heavy atom. The molecule has 0 heterocycles. The molecule has 0 bridgehead atoms. The molecule has 0 amide bonds. The van der Waals surface area contributed by atoms with Crippen molar-refractivity contribution in [3.8, 4) is 0 Å². The highest BCUT2D eigenvalue weighted by Gasteiger charge is 2.27. The van der Waals surface area contributed by atoms with E-state index in [1.165, 1.54) is 70.6 Å². The summed E-state index contributed by atoms with van der Waals surface area (Å²) in [4.78, 5) is 34.9. The fourth-order valence-corrected chi connectivity index (χ4v) is 6.44. The molecule has 4 atom stereocenters. The van der Waals surface area contributed by atoms with Crippen molar-refractivity contribution in [1.29, 1.82) is 0 Å². The molecule has 11 nitrogen and oxygen atoms in total. The SMILES string of the molecule is CC/C=C/C/C=C/C=C/C(O)CCCCCCCC(=O)O[C@H](COC(=O)CCCCCCCCCCCCCCCCC)COP(=O)(O)OC[C@@H](O)CO. The summed E-state index contributed by atoms with van der Waals surface area (Å²) in [5.74, 6) is -0.998. The van der Waals surface area contributed by atoms with E-state index in [4.69, 9.17) is 19.1 Å². The minimum Gasteiger partial charge on any atom is -0.462 e. The smallest absolute Gasteiger partial charge is 0.462 e. The fraction of sp³-hybridized carbons (Fsp3) is 0.810. The van der Waals surface area contributed by atoms with Crippen LogP contribution in [-0.4, -0.2) is 76.9 Å². The van der Waals surface area contributed by atoms with Crippen LogP contribution in [-0.2, 0) is 32.7 Å². The third-order valence-corrected chi connectivity index (χ3v) is 9.86. The van der Waals surface area contributed by atoms with Crippen LogP contribution >= 0.6 is 7.82 Å². The number of ether oxygens (including phenoxy) is 2. The zero-order chi connectivity index (χ0) is 40.0. The number of allylic oxidation sites excluding steroid dienone is 5. The van der Waals surface area contributed by atoms with Gasteiger partial charge in [-0.1, -0.05) is 166 Å². The molecular weight excluding hydrogens is 711 g/mol. The lowest BCUT2D eigenvalue weighted by molar-refractivity contribution is -0.161. The molecule has 54 heavy (non-hydrogen) atoms. The van der Waals surface area contributed by atoms with Crippen LogP contribution in [0.25, 0.3) is 0 Å². The van der Waals surface area contributed by atoms with Crippen molar-refractivity contribution in [3.63, 3.8) is 0 Å². The number of phosphoric acid groups is 1. The molecular formula is C42H77O11P. The Labute approximate surface area is 327 Å². The predicted molar refractivity (Wildman–Crippen MR) is 216 cm³/mol. The van der Waals surface area contributed by atoms with Crippen molar-refractivity contribution < 1.29 is 52.9 Å². The van der Waals surface area contributed by atoms with Gasteiger partial charge in [0.05, 0.1) is 25.9 Å². The summed E-state index contributed by atoms with van der Waals surface area (Å²) in [5.41, 5.74) is 0. The number of rotatable bonds is 39. The zero-order valence-electron chi connectivity index (χ0n) is 33.8. The van der Waals surface area contributed by atoms with Crippen molar-refractivity contribution in [2.45, 2.75) is 193 Å². The number of carbonyl (C=O) groups is 2. The van der Waals surface area contributed by atoms with E-state index in [9.17, 15) is 29.3 Å². The third kappa shape index (κ3) is 37.1. The van der Waals surface area contributed by atoms with Crippen molar-refractivity contribution >= 4 is 19.8 Å². The number of hydrogen-bond donors (Lipinski definition) is 4. The molecule has 0 radical (unpaired) electrons. The molecule has 0 fully saturated rings. The number of unbranched alkanes of at least 4 members (excludes halogenated alkanes) is 18. The van der Waals surface area contributed by atoms with Crippen molar-refractivity contribution in [2.75, 3.05) is 26.4 Å². The second-order valence-electron chi connectivity index (χ2n) is 14.2. The van der Waals surface area contributed by atoms with Crippen LogP contribution in [0.3, 0.4) is 0 Å². The molecule has 2 unspecified atom stereocenters. The number of aliphatic hydroxyl groups excluding tert-OH is 3. The van der Waals surface area contributed by atoms with Crippen LogP contribution in [0.4, 0.5) is 0 Å². The van der Waals surface area contributed by atoms with Gasteiger partial charge in [0.2, 0.25) is 0 Å². The molecule has 12 heteroatoms. The number of phosphoric ester groups is 1. The maximum atomic E-state index is 12.6. The highest BCUT2D eigenvalue weighted by molar-refractivity contribution is 7.47. The second kappa shape index (κ2) is 38.0. The van der Waals surface area contributed by atoms with Crippen LogP contribution in [0.2, 0.25) is 0 Å². The average molecular weight is 789 g/mol. The van der Waals surface area contributed by atoms with Gasteiger partial charge >= 0.3 is 19.8 Å². The Kier molecular flexibility index (Phi) is 36.7. The molecule has 0 aromatic heterocycles. The van der Waals surface area contributed by atoms with E-state index >= 15 is 0 Å². The molecule has 0 aromatic carbocycles. The molecule has 0 saturated carbocycles. The predicted octanol–water partition coefficient (Wildman–Crippen LogP) is 9.75. The topological polar surface area (TPSA) is 169 Å². The highest BCUT2D eigenvalue weighted by Crippen LogP contribution is 2.43. The first-order chi connectivity index (χ1) is 26.1. The maximum Gasteiger partial charge on any atom is 0.472 e. The minimum absolute atomic E-state index is 0.116. The molecule has 0 saturated heterocycles. The fourth-order valence-electron chi connectivity index (χ4n) is 5.65. The summed E-state index contributed by atoms with van der Waals surface area (Å²) in [5, 5.41) is 28.4. The van der Waals surface area contributed by atoms with Crippen molar-refractivity contribution in [3.05, 3.63) is 36.5 Å². The van der Waals surface area contributed by atoms with E-state index in [0.717, 1.165) is 57.8 Å². The standard InChI is InChI=1S/C42H77O11P/c1-3-5-7-9-11-12-13-14-15-16-17-18-20-24-28-32-41(46)50-36-40(37-52-54(48,49)51-35-39(45)34-43)53-42(47)33-29-25-21-23-27-31-38(44)30-26-22-19-10-8-6-4-2/h6,8,19,22,26,30,38-40,43-45H,3-5,7,9-18,20-21,23-25,27-29,31-37H2,1-2H3,(H,48,49)/b8-6+,22-19+,30-26+/t38?,39-,40+/m0/s1. The quantitative estimate of drug-likeness (QED) is 0.0154. The minimum atomic E-state index is -4.64. The Balaban J connectivity index is 4.39. The number of esters is 2. The van der Waals surface area contributed by atoms with Gasteiger partial charge in [-0.3, -0.25) is 18.6 Å². The zero-order valence-corrected chi connectivity index (χ0v) is 34.7. The second-order valence-corrected chi connectivity index (χ2v) is 15.6. The Hall–Kier alpha value is -1.85. The summed E-state index contributed by atoms with van der Waals surface area (Å²) in [6.45, 7) is 2.14. The average Bonchev–Trinajstić information content (AvgIpc) is 3.15. The Morgan fingerprint density at radius 3 is 1.70 bits per heavy atom. The van der Waals surface area contributed by atoms with E-state index in [1.807, 2.05) is 18.2 Å². The van der Waals surface area contributed by atoms with Gasteiger partial charge in [0, 0.05) is 12.8 Å². The van der Waals surface area contributed by atoms with Crippen LogP contribution in [0, 0.1) is 0 Å². The van der Waals surface area contributed by atoms with Gasteiger partial charge in [-0.25, -0.2) is 4.57 Å². The number of aliphatic hydroxyl groups is 3. The molecule has 0 rings (SSSR count). The summed E-state index contributed by atoms with van der Waals surface area (Å²) < 4.78 is 32.6. The molecule has 0 aliphatic heterocycles. The van der Waals surface area contributed by atoms with Gasteiger partial charge in [-0.2, -0.15) is 0 Å². The largest absolute Gasteiger partial charge is 0.472 e. The lowest BCUT2D eigenvalue weighted by Crippen LogP contribution is -2.29. The van der Waals surface area contributed by atoms with Gasteiger partial charge in [0.15, 0.2) is 6.10 Å². The van der Waals surface area contributed by atoms with Crippen molar-refractivity contribution in [1.82, 2.24) is 0 Å². The number of carbonyl (C=O) groups excluding carboxylic acids is 2. The van der Waals surface area contributed by atoms with E-state index in [1.54, 1.807) is 6.08 Å². The van der Waals surface area contributed by atoms with Crippen LogP contribution < -0.4 is 0 Å². The maximum absolute atomic E-state index is 12.6. The summed E-state index contributed by atoms with van der Waals surface area (Å²) in [7, 11) is -4.64. The van der Waals surface area contributed by atoms with Gasteiger partial charge < -0.3 is 29.7 Å². The Morgan fingerprint density at radius 1 is 0.630 bits per heavy atom. The van der Waals surface area contributed by atoms with Crippen LogP contribution in [0.1, 0.15) is 174 Å². The highest BCUT2D eigenvalue weighted by atomic mass is 31.2. The Bertz CT molecular complexity index is 1020. The summed E-state index contributed by atoms with van der Waals surface area (Å²) in [6, 6.07) is 0. The normalized spacial score (nSPS) is 14.9. The third-order valence-electron chi connectivity index (χ3n) is 8.91. The number of hydrogen-bond acceptors (Lipinski definition) is 10. The summed E-state index contributed by atoms with van der Waals surface area (Å²) >= 11 is 0. The van der Waals surface area contributed by atoms with E-state index in [2.05, 4.69) is 30.5 Å². The van der Waals surface area contributed by atoms with Crippen LogP contribution in [0.5, 0.6) is 0 Å². The van der Waals surface area contributed by atoms with Crippen molar-refractivity contribution in [2.24, 2.45) is 0 Å². The van der Waals surface area contributed by atoms with E-state index < -0.39 is 57.9 Å². The van der Waals surface area contributed by atoms with Gasteiger partial charge in [-0.05, 0) is 32.1 Å². The molecule has 0 aliphatic carbocycles. The van der Waals surface area contributed by atoms with E-state index in [-0.39, 0.29) is 19.4 Å². The van der Waals surface area contributed by atoms with Gasteiger partial charge in [0.1, 0.15) is 12.7 Å². The molecule has 0 aliphatic rings. The van der Waals surface area contributed by atoms with E-state index in [0.29, 0.717) is 19.3 Å². The van der Waals surface area contributed by atoms with Crippen LogP contribution in [0.15, 0.2) is 36.5 Å².